The van der Waals surface area contributed by atoms with Gasteiger partial charge >= 0.3 is 6.18 Å². The summed E-state index contributed by atoms with van der Waals surface area (Å²) in [5.41, 5.74) is 0.170. The summed E-state index contributed by atoms with van der Waals surface area (Å²) in [6.07, 6.45) is -0.812. The Labute approximate surface area is 81.8 Å². The van der Waals surface area contributed by atoms with Crippen LogP contribution in [0.2, 0.25) is 0 Å². The Kier molecular flexibility index (Phi) is 3.55. The molecule has 0 aliphatic heterocycles. The lowest BCUT2D eigenvalue weighted by atomic mass is 10.1. The lowest BCUT2D eigenvalue weighted by Gasteiger charge is -2.08. The van der Waals surface area contributed by atoms with Gasteiger partial charge in [0.2, 0.25) is 0 Å². The number of hydrogen-bond donors (Lipinski definition) is 0. The standard InChI is InChI=1S/C11H12F3/c1-2-3-5-9-6-4-7-10(8-9)11(12,13)14/h2,4,6-8H,3,5H2,1H3. The van der Waals surface area contributed by atoms with Crippen molar-refractivity contribution in [2.24, 2.45) is 0 Å². The average Bonchev–Trinajstić information content (AvgIpc) is 2.14. The van der Waals surface area contributed by atoms with Crippen LogP contribution in [-0.4, -0.2) is 0 Å². The van der Waals surface area contributed by atoms with Crippen LogP contribution in [0.4, 0.5) is 13.2 Å². The zero-order valence-electron chi connectivity index (χ0n) is 7.93. The number of unbranched alkanes of at least 4 members (excludes halogenated alkanes) is 1. The van der Waals surface area contributed by atoms with Crippen molar-refractivity contribution in [3.63, 3.8) is 0 Å². The second kappa shape index (κ2) is 4.49. The van der Waals surface area contributed by atoms with Crippen LogP contribution in [0.1, 0.15) is 24.5 Å². The van der Waals surface area contributed by atoms with Crippen molar-refractivity contribution in [2.45, 2.75) is 25.9 Å². The first-order valence-electron chi connectivity index (χ1n) is 4.48. The number of aryl methyl sites for hydroxylation is 1. The van der Waals surface area contributed by atoms with Crippen molar-refractivity contribution >= 4 is 0 Å². The van der Waals surface area contributed by atoms with Crippen molar-refractivity contribution in [1.29, 1.82) is 0 Å². The fourth-order valence-electron chi connectivity index (χ4n) is 1.21. The Bertz CT molecular complexity index is 289. The predicted octanol–water partition coefficient (Wildman–Crippen LogP) is 3.86. The van der Waals surface area contributed by atoms with Crippen molar-refractivity contribution in [1.82, 2.24) is 0 Å². The minimum absolute atomic E-state index is 0.564. The van der Waals surface area contributed by atoms with Gasteiger partial charge in [0, 0.05) is 0 Å². The van der Waals surface area contributed by atoms with Gasteiger partial charge in [-0.2, -0.15) is 13.2 Å². The van der Waals surface area contributed by atoms with E-state index in [9.17, 15) is 13.2 Å². The number of benzene rings is 1. The molecule has 0 nitrogen and oxygen atoms in total. The van der Waals surface area contributed by atoms with E-state index in [4.69, 9.17) is 0 Å². The van der Waals surface area contributed by atoms with Gasteiger partial charge in [0.1, 0.15) is 0 Å². The first-order chi connectivity index (χ1) is 6.54. The molecule has 0 aliphatic carbocycles. The second-order valence-electron chi connectivity index (χ2n) is 3.15. The third kappa shape index (κ3) is 3.05. The van der Waals surface area contributed by atoms with E-state index in [1.807, 2.05) is 13.3 Å². The summed E-state index contributed by atoms with van der Waals surface area (Å²) in [5, 5.41) is 0. The highest BCUT2D eigenvalue weighted by Crippen LogP contribution is 2.29. The van der Waals surface area contributed by atoms with E-state index in [2.05, 4.69) is 0 Å². The number of alkyl halides is 3. The van der Waals surface area contributed by atoms with Crippen LogP contribution in [0.25, 0.3) is 0 Å². The number of hydrogen-bond acceptors (Lipinski definition) is 0. The van der Waals surface area contributed by atoms with E-state index < -0.39 is 11.7 Å². The molecule has 1 radical (unpaired) electrons. The number of halogens is 3. The molecule has 77 valence electrons. The van der Waals surface area contributed by atoms with E-state index in [0.29, 0.717) is 6.42 Å². The molecule has 0 aromatic heterocycles. The molecule has 0 amide bonds. The Hall–Kier alpha value is -0.990. The quantitative estimate of drug-likeness (QED) is 0.696. The van der Waals surface area contributed by atoms with E-state index in [-0.39, 0.29) is 0 Å². The maximum absolute atomic E-state index is 12.3. The Balaban J connectivity index is 2.79. The predicted molar refractivity (Wildman–Crippen MR) is 49.7 cm³/mol. The molecular weight excluding hydrogens is 189 g/mol. The van der Waals surface area contributed by atoms with E-state index in [1.165, 1.54) is 12.1 Å². The minimum Gasteiger partial charge on any atom is -0.166 e. The lowest BCUT2D eigenvalue weighted by Crippen LogP contribution is -2.05. The molecule has 1 rings (SSSR count). The Morgan fingerprint density at radius 1 is 1.29 bits per heavy atom. The van der Waals surface area contributed by atoms with Gasteiger partial charge < -0.3 is 0 Å². The van der Waals surface area contributed by atoms with Crippen LogP contribution < -0.4 is 0 Å². The van der Waals surface area contributed by atoms with Gasteiger partial charge in [-0.15, -0.1) is 0 Å². The molecule has 0 heterocycles. The summed E-state index contributed by atoms with van der Waals surface area (Å²) in [6.45, 7) is 1.90. The SMILES string of the molecule is C[CH]CCc1cccc(C(F)(F)F)c1. The highest BCUT2D eigenvalue weighted by atomic mass is 19.4. The van der Waals surface area contributed by atoms with Gasteiger partial charge in [0.15, 0.2) is 0 Å². The van der Waals surface area contributed by atoms with Crippen LogP contribution in [0.5, 0.6) is 0 Å². The van der Waals surface area contributed by atoms with Gasteiger partial charge in [-0.05, 0) is 30.9 Å². The highest BCUT2D eigenvalue weighted by molar-refractivity contribution is 5.25. The molecule has 3 heteroatoms. The third-order valence-corrected chi connectivity index (χ3v) is 1.98. The monoisotopic (exact) mass is 201 g/mol. The van der Waals surface area contributed by atoms with Gasteiger partial charge in [-0.1, -0.05) is 25.1 Å². The maximum Gasteiger partial charge on any atom is 0.416 e. The largest absolute Gasteiger partial charge is 0.416 e. The summed E-state index contributed by atoms with van der Waals surface area (Å²) in [6, 6.07) is 5.48. The summed E-state index contributed by atoms with van der Waals surface area (Å²) in [7, 11) is 0. The Morgan fingerprint density at radius 2 is 2.00 bits per heavy atom. The molecule has 0 spiro atoms. The van der Waals surface area contributed by atoms with Crippen LogP contribution in [0.15, 0.2) is 24.3 Å². The molecule has 0 unspecified atom stereocenters. The van der Waals surface area contributed by atoms with Crippen molar-refractivity contribution in [2.75, 3.05) is 0 Å². The molecular formula is C11H12F3. The molecule has 14 heavy (non-hydrogen) atoms. The molecule has 0 saturated heterocycles. The normalized spacial score (nSPS) is 11.7. The first-order valence-corrected chi connectivity index (χ1v) is 4.48. The molecule has 1 aromatic carbocycles. The third-order valence-electron chi connectivity index (χ3n) is 1.98. The van der Waals surface area contributed by atoms with E-state index >= 15 is 0 Å². The highest BCUT2D eigenvalue weighted by Gasteiger charge is 2.30. The zero-order chi connectivity index (χ0) is 10.6. The van der Waals surface area contributed by atoms with Crippen LogP contribution in [-0.2, 0) is 12.6 Å². The molecule has 0 atom stereocenters. The lowest BCUT2D eigenvalue weighted by molar-refractivity contribution is -0.137. The second-order valence-corrected chi connectivity index (χ2v) is 3.15. The molecule has 1 aromatic rings. The number of rotatable bonds is 3. The summed E-state index contributed by atoms with van der Waals surface area (Å²) >= 11 is 0. The van der Waals surface area contributed by atoms with Gasteiger partial charge in [0.25, 0.3) is 0 Å². The average molecular weight is 201 g/mol. The maximum atomic E-state index is 12.3. The molecule has 0 aliphatic rings. The van der Waals surface area contributed by atoms with E-state index in [0.717, 1.165) is 18.1 Å². The van der Waals surface area contributed by atoms with Crippen molar-refractivity contribution in [3.05, 3.63) is 41.8 Å². The topological polar surface area (TPSA) is 0 Å². The molecule has 0 bridgehead atoms. The zero-order valence-corrected chi connectivity index (χ0v) is 7.93. The first kappa shape index (κ1) is 11.1. The van der Waals surface area contributed by atoms with Crippen molar-refractivity contribution < 1.29 is 13.2 Å². The van der Waals surface area contributed by atoms with Crippen molar-refractivity contribution in [3.8, 4) is 0 Å². The smallest absolute Gasteiger partial charge is 0.166 e. The molecule has 0 fully saturated rings. The van der Waals surface area contributed by atoms with Crippen LogP contribution in [0, 0.1) is 6.42 Å². The van der Waals surface area contributed by atoms with E-state index in [1.54, 1.807) is 6.07 Å². The van der Waals surface area contributed by atoms with Gasteiger partial charge in [-0.3, -0.25) is 0 Å². The van der Waals surface area contributed by atoms with Crippen LogP contribution >= 0.6 is 0 Å². The fraction of sp³-hybridized carbons (Fsp3) is 0.364. The summed E-state index contributed by atoms with van der Waals surface area (Å²) < 4.78 is 36.8. The van der Waals surface area contributed by atoms with Gasteiger partial charge in [0.05, 0.1) is 5.56 Å². The Morgan fingerprint density at radius 3 is 2.57 bits per heavy atom. The summed E-state index contributed by atoms with van der Waals surface area (Å²) in [4.78, 5) is 0. The molecule has 0 saturated carbocycles. The molecule has 0 N–H and O–H groups in total. The van der Waals surface area contributed by atoms with Crippen LogP contribution in [0.3, 0.4) is 0 Å². The van der Waals surface area contributed by atoms with Gasteiger partial charge in [-0.25, -0.2) is 0 Å². The minimum atomic E-state index is -4.23. The summed E-state index contributed by atoms with van der Waals surface area (Å²) in [5.74, 6) is 0. The fourth-order valence-corrected chi connectivity index (χ4v) is 1.21.